The third-order valence-electron chi connectivity index (χ3n) is 3.81. The van der Waals surface area contributed by atoms with Crippen molar-refractivity contribution in [3.8, 4) is 0 Å². The molecule has 0 fully saturated rings. The Morgan fingerprint density at radius 2 is 2.00 bits per heavy atom. The highest BCUT2D eigenvalue weighted by molar-refractivity contribution is 7.80. The van der Waals surface area contributed by atoms with Crippen molar-refractivity contribution in [1.29, 1.82) is 0 Å². The lowest BCUT2D eigenvalue weighted by atomic mass is 10.1. The quantitative estimate of drug-likeness (QED) is 0.630. The number of thiocarbonyl (C=S) groups is 1. The van der Waals surface area contributed by atoms with Crippen LogP contribution in [0.3, 0.4) is 0 Å². The van der Waals surface area contributed by atoms with Crippen LogP contribution in [-0.2, 0) is 13.1 Å². The normalized spacial score (nSPS) is 10.6. The molecule has 2 aromatic carbocycles. The molecule has 26 heavy (non-hydrogen) atoms. The van der Waals surface area contributed by atoms with Crippen molar-refractivity contribution in [2.75, 3.05) is 5.32 Å². The molecule has 1 heterocycles. The van der Waals surface area contributed by atoms with E-state index >= 15 is 0 Å². The Morgan fingerprint density at radius 3 is 2.73 bits per heavy atom. The van der Waals surface area contributed by atoms with E-state index in [1.54, 1.807) is 16.9 Å². The summed E-state index contributed by atoms with van der Waals surface area (Å²) in [7, 11) is 0. The van der Waals surface area contributed by atoms with Crippen molar-refractivity contribution in [2.45, 2.75) is 20.0 Å². The first-order valence-corrected chi connectivity index (χ1v) is 8.85. The van der Waals surface area contributed by atoms with Gasteiger partial charge in [0.05, 0.1) is 18.4 Å². The summed E-state index contributed by atoms with van der Waals surface area (Å²) in [5, 5.41) is 11.4. The topological polar surface area (TPSA) is 41.9 Å². The summed E-state index contributed by atoms with van der Waals surface area (Å²) in [5.41, 5.74) is 3.94. The molecule has 0 bridgehead atoms. The van der Waals surface area contributed by atoms with Gasteiger partial charge in [-0.1, -0.05) is 47.5 Å². The largest absolute Gasteiger partial charge is 0.358 e. The average molecular weight is 389 g/mol. The Bertz CT molecular complexity index is 908. The molecule has 0 amide bonds. The SMILES string of the molecule is Cc1ccc(CNC(=S)Nc2cnn(Cc3ccc(F)cc3Cl)c2)cc1. The number of anilines is 1. The minimum absolute atomic E-state index is 0.355. The van der Waals surface area contributed by atoms with Crippen molar-refractivity contribution in [2.24, 2.45) is 0 Å². The highest BCUT2D eigenvalue weighted by Gasteiger charge is 2.06. The minimum atomic E-state index is -0.355. The van der Waals surface area contributed by atoms with E-state index in [0.29, 0.717) is 23.2 Å². The second-order valence-corrected chi connectivity index (χ2v) is 6.77. The molecule has 0 aliphatic rings. The summed E-state index contributed by atoms with van der Waals surface area (Å²) >= 11 is 11.4. The molecule has 0 spiro atoms. The molecule has 7 heteroatoms. The van der Waals surface area contributed by atoms with E-state index < -0.39 is 0 Å². The molecule has 3 rings (SSSR count). The number of aromatic nitrogens is 2. The van der Waals surface area contributed by atoms with Gasteiger partial charge in [-0.3, -0.25) is 4.68 Å². The van der Waals surface area contributed by atoms with Crippen LogP contribution in [0.15, 0.2) is 54.9 Å². The number of hydrogen-bond donors (Lipinski definition) is 2. The minimum Gasteiger partial charge on any atom is -0.358 e. The number of halogens is 2. The van der Waals surface area contributed by atoms with Crippen LogP contribution in [0.1, 0.15) is 16.7 Å². The Labute approximate surface area is 162 Å². The average Bonchev–Trinajstić information content (AvgIpc) is 3.04. The standard InChI is InChI=1S/C19H18ClFN4S/c1-13-2-4-14(5-3-13)9-22-19(26)24-17-10-23-25(12-17)11-15-6-7-16(21)8-18(15)20/h2-8,10,12H,9,11H2,1H3,(H2,22,24,26). The van der Waals surface area contributed by atoms with Crippen LogP contribution >= 0.6 is 23.8 Å². The Kier molecular flexibility index (Phi) is 5.85. The van der Waals surface area contributed by atoms with Crippen LogP contribution in [0.2, 0.25) is 5.02 Å². The molecule has 0 saturated heterocycles. The fraction of sp³-hybridized carbons (Fsp3) is 0.158. The van der Waals surface area contributed by atoms with Gasteiger partial charge in [0.25, 0.3) is 0 Å². The highest BCUT2D eigenvalue weighted by Crippen LogP contribution is 2.18. The first-order chi connectivity index (χ1) is 12.5. The maximum absolute atomic E-state index is 13.1. The molecule has 3 aromatic rings. The predicted molar refractivity (Wildman–Crippen MR) is 107 cm³/mol. The fourth-order valence-electron chi connectivity index (χ4n) is 2.40. The first-order valence-electron chi connectivity index (χ1n) is 8.06. The maximum atomic E-state index is 13.1. The van der Waals surface area contributed by atoms with E-state index in [4.69, 9.17) is 23.8 Å². The third-order valence-corrected chi connectivity index (χ3v) is 4.41. The smallest absolute Gasteiger partial charge is 0.171 e. The molecule has 0 unspecified atom stereocenters. The Hall–Kier alpha value is -2.44. The van der Waals surface area contributed by atoms with E-state index in [0.717, 1.165) is 16.8 Å². The van der Waals surface area contributed by atoms with Gasteiger partial charge in [-0.05, 0) is 42.4 Å². The lowest BCUT2D eigenvalue weighted by molar-refractivity contribution is 0.624. The molecule has 4 nitrogen and oxygen atoms in total. The van der Waals surface area contributed by atoms with E-state index in [9.17, 15) is 4.39 Å². The van der Waals surface area contributed by atoms with Gasteiger partial charge in [-0.15, -0.1) is 0 Å². The summed E-state index contributed by atoms with van der Waals surface area (Å²) < 4.78 is 14.8. The van der Waals surface area contributed by atoms with Crippen molar-refractivity contribution in [3.63, 3.8) is 0 Å². The molecule has 1 aromatic heterocycles. The fourth-order valence-corrected chi connectivity index (χ4v) is 2.82. The van der Waals surface area contributed by atoms with Gasteiger partial charge in [0, 0.05) is 17.8 Å². The van der Waals surface area contributed by atoms with Crippen molar-refractivity contribution < 1.29 is 4.39 Å². The van der Waals surface area contributed by atoms with Crippen LogP contribution in [0, 0.1) is 12.7 Å². The number of hydrogen-bond acceptors (Lipinski definition) is 2. The summed E-state index contributed by atoms with van der Waals surface area (Å²) in [4.78, 5) is 0. The molecule has 0 aliphatic carbocycles. The van der Waals surface area contributed by atoms with Crippen LogP contribution in [0.4, 0.5) is 10.1 Å². The van der Waals surface area contributed by atoms with Gasteiger partial charge in [0.15, 0.2) is 5.11 Å². The molecule has 134 valence electrons. The van der Waals surface area contributed by atoms with Gasteiger partial charge < -0.3 is 10.6 Å². The zero-order valence-electron chi connectivity index (χ0n) is 14.2. The summed E-state index contributed by atoms with van der Waals surface area (Å²) in [5.74, 6) is -0.355. The maximum Gasteiger partial charge on any atom is 0.171 e. The molecular weight excluding hydrogens is 371 g/mol. The van der Waals surface area contributed by atoms with E-state index in [1.807, 2.05) is 6.20 Å². The number of benzene rings is 2. The van der Waals surface area contributed by atoms with E-state index in [2.05, 4.69) is 46.9 Å². The molecule has 0 atom stereocenters. The van der Waals surface area contributed by atoms with Crippen LogP contribution in [0.25, 0.3) is 0 Å². The van der Waals surface area contributed by atoms with Crippen LogP contribution < -0.4 is 10.6 Å². The van der Waals surface area contributed by atoms with Crippen LogP contribution in [0.5, 0.6) is 0 Å². The summed E-state index contributed by atoms with van der Waals surface area (Å²) in [6.07, 6.45) is 3.50. The Morgan fingerprint density at radius 1 is 1.23 bits per heavy atom. The lowest BCUT2D eigenvalue weighted by Crippen LogP contribution is -2.27. The molecule has 2 N–H and O–H groups in total. The van der Waals surface area contributed by atoms with Crippen molar-refractivity contribution >= 4 is 34.6 Å². The van der Waals surface area contributed by atoms with Crippen LogP contribution in [-0.4, -0.2) is 14.9 Å². The lowest BCUT2D eigenvalue weighted by Gasteiger charge is -2.09. The van der Waals surface area contributed by atoms with Crippen molar-refractivity contribution in [3.05, 3.63) is 82.4 Å². The molecule has 0 aliphatic heterocycles. The number of rotatable bonds is 5. The Balaban J connectivity index is 1.54. The first kappa shape index (κ1) is 18.4. The second kappa shape index (κ2) is 8.29. The van der Waals surface area contributed by atoms with Gasteiger partial charge in [-0.25, -0.2) is 4.39 Å². The molecule has 0 saturated carbocycles. The summed E-state index contributed by atoms with van der Waals surface area (Å²) in [6, 6.07) is 12.6. The summed E-state index contributed by atoms with van der Waals surface area (Å²) in [6.45, 7) is 3.15. The van der Waals surface area contributed by atoms with E-state index in [-0.39, 0.29) is 5.82 Å². The monoisotopic (exact) mass is 388 g/mol. The van der Waals surface area contributed by atoms with Gasteiger partial charge >= 0.3 is 0 Å². The zero-order valence-corrected chi connectivity index (χ0v) is 15.7. The molecule has 0 radical (unpaired) electrons. The number of nitrogens with zero attached hydrogens (tertiary/aromatic N) is 2. The van der Waals surface area contributed by atoms with E-state index in [1.165, 1.54) is 17.7 Å². The number of nitrogens with one attached hydrogen (secondary N) is 2. The highest BCUT2D eigenvalue weighted by atomic mass is 35.5. The third kappa shape index (κ3) is 5.03. The number of aryl methyl sites for hydroxylation is 1. The van der Waals surface area contributed by atoms with Gasteiger partial charge in [-0.2, -0.15) is 5.10 Å². The van der Waals surface area contributed by atoms with Crippen molar-refractivity contribution in [1.82, 2.24) is 15.1 Å². The van der Waals surface area contributed by atoms with Gasteiger partial charge in [0.2, 0.25) is 0 Å². The van der Waals surface area contributed by atoms with Gasteiger partial charge in [0.1, 0.15) is 5.82 Å². The second-order valence-electron chi connectivity index (χ2n) is 5.96. The predicted octanol–water partition coefficient (Wildman–Crippen LogP) is 4.52. The molecular formula is C19H18ClFN4S. The zero-order chi connectivity index (χ0) is 18.5.